The van der Waals surface area contributed by atoms with Crippen molar-refractivity contribution in [2.24, 2.45) is 5.73 Å². The smallest absolute Gasteiger partial charge is 0.0663 e. The first kappa shape index (κ1) is 12.3. The first-order valence-electron chi connectivity index (χ1n) is 6.87. The molecule has 16 heavy (non-hydrogen) atoms. The van der Waals surface area contributed by atoms with Gasteiger partial charge in [-0.3, -0.25) is 4.90 Å². The Kier molecular flexibility index (Phi) is 4.22. The summed E-state index contributed by atoms with van der Waals surface area (Å²) in [4.78, 5) is 2.69. The summed E-state index contributed by atoms with van der Waals surface area (Å²) in [6.45, 7) is 6.02. The lowest BCUT2D eigenvalue weighted by molar-refractivity contribution is 0.0355. The fourth-order valence-corrected chi connectivity index (χ4v) is 3.33. The van der Waals surface area contributed by atoms with E-state index >= 15 is 0 Å². The SMILES string of the molecule is CCC1CCCCCN1C1(CN)CCOC1. The molecule has 0 saturated carbocycles. The van der Waals surface area contributed by atoms with Crippen molar-refractivity contribution in [1.82, 2.24) is 4.90 Å². The predicted molar refractivity (Wildman–Crippen MR) is 66.5 cm³/mol. The number of rotatable bonds is 3. The van der Waals surface area contributed by atoms with E-state index in [1.807, 2.05) is 0 Å². The predicted octanol–water partition coefficient (Wildman–Crippen LogP) is 1.76. The first-order valence-corrected chi connectivity index (χ1v) is 6.87. The maximum Gasteiger partial charge on any atom is 0.0663 e. The Bertz CT molecular complexity index is 214. The Morgan fingerprint density at radius 2 is 2.25 bits per heavy atom. The van der Waals surface area contributed by atoms with E-state index in [0.29, 0.717) is 0 Å². The highest BCUT2D eigenvalue weighted by atomic mass is 16.5. The van der Waals surface area contributed by atoms with Crippen molar-refractivity contribution >= 4 is 0 Å². The molecule has 0 aromatic heterocycles. The summed E-state index contributed by atoms with van der Waals surface area (Å²) in [6, 6.07) is 0.729. The number of nitrogens with zero attached hydrogens (tertiary/aromatic N) is 1. The average Bonchev–Trinajstić information content (AvgIpc) is 2.68. The minimum Gasteiger partial charge on any atom is -0.379 e. The molecular weight excluding hydrogens is 200 g/mol. The summed E-state index contributed by atoms with van der Waals surface area (Å²) < 4.78 is 5.62. The van der Waals surface area contributed by atoms with Crippen LogP contribution < -0.4 is 5.73 Å². The van der Waals surface area contributed by atoms with Crippen LogP contribution in [0.4, 0.5) is 0 Å². The van der Waals surface area contributed by atoms with Crippen molar-refractivity contribution in [3.8, 4) is 0 Å². The quantitative estimate of drug-likeness (QED) is 0.797. The third-order valence-corrected chi connectivity index (χ3v) is 4.42. The van der Waals surface area contributed by atoms with E-state index in [4.69, 9.17) is 10.5 Å². The maximum absolute atomic E-state index is 6.05. The fourth-order valence-electron chi connectivity index (χ4n) is 3.33. The minimum atomic E-state index is 0.158. The van der Waals surface area contributed by atoms with Gasteiger partial charge in [0.15, 0.2) is 0 Å². The van der Waals surface area contributed by atoms with Crippen molar-refractivity contribution in [3.63, 3.8) is 0 Å². The van der Waals surface area contributed by atoms with Crippen molar-refractivity contribution < 1.29 is 4.74 Å². The zero-order valence-electron chi connectivity index (χ0n) is 10.6. The van der Waals surface area contributed by atoms with Crippen LogP contribution >= 0.6 is 0 Å². The second-order valence-corrected chi connectivity index (χ2v) is 5.34. The highest BCUT2D eigenvalue weighted by Crippen LogP contribution is 2.32. The minimum absolute atomic E-state index is 0.158. The van der Waals surface area contributed by atoms with Gasteiger partial charge in [0, 0.05) is 19.2 Å². The van der Waals surface area contributed by atoms with Gasteiger partial charge in [-0.15, -0.1) is 0 Å². The molecule has 0 aliphatic carbocycles. The molecule has 2 aliphatic rings. The average molecular weight is 226 g/mol. The van der Waals surface area contributed by atoms with Crippen molar-refractivity contribution in [2.45, 2.75) is 57.0 Å². The van der Waals surface area contributed by atoms with E-state index < -0.39 is 0 Å². The van der Waals surface area contributed by atoms with Gasteiger partial charge in [0.2, 0.25) is 0 Å². The molecule has 94 valence electrons. The molecule has 0 bridgehead atoms. The molecule has 3 nitrogen and oxygen atoms in total. The molecule has 2 heterocycles. The molecule has 2 saturated heterocycles. The van der Waals surface area contributed by atoms with Crippen LogP contribution in [0.5, 0.6) is 0 Å². The number of likely N-dealkylation sites (tertiary alicyclic amines) is 1. The van der Waals surface area contributed by atoms with Crippen LogP contribution in [-0.4, -0.2) is 42.8 Å². The van der Waals surface area contributed by atoms with Crippen LogP contribution in [0.15, 0.2) is 0 Å². The topological polar surface area (TPSA) is 38.5 Å². The van der Waals surface area contributed by atoms with E-state index in [1.54, 1.807) is 0 Å². The zero-order valence-corrected chi connectivity index (χ0v) is 10.6. The van der Waals surface area contributed by atoms with E-state index in [9.17, 15) is 0 Å². The maximum atomic E-state index is 6.05. The second kappa shape index (κ2) is 5.48. The lowest BCUT2D eigenvalue weighted by Gasteiger charge is -2.43. The number of nitrogens with two attached hydrogens (primary N) is 1. The molecule has 0 spiro atoms. The Labute approximate surface area is 99.3 Å². The van der Waals surface area contributed by atoms with Crippen LogP contribution in [0.2, 0.25) is 0 Å². The Morgan fingerprint density at radius 3 is 2.88 bits per heavy atom. The van der Waals surface area contributed by atoms with E-state index in [-0.39, 0.29) is 5.54 Å². The van der Waals surface area contributed by atoms with Crippen LogP contribution in [0.25, 0.3) is 0 Å². The fraction of sp³-hybridized carbons (Fsp3) is 1.00. The van der Waals surface area contributed by atoms with Gasteiger partial charge in [0.05, 0.1) is 12.1 Å². The molecule has 3 heteroatoms. The second-order valence-electron chi connectivity index (χ2n) is 5.34. The summed E-state index contributed by atoms with van der Waals surface area (Å²) in [5.41, 5.74) is 6.20. The number of ether oxygens (including phenoxy) is 1. The van der Waals surface area contributed by atoms with Crippen LogP contribution in [0.1, 0.15) is 45.4 Å². The van der Waals surface area contributed by atoms with E-state index in [2.05, 4.69) is 11.8 Å². The molecular formula is C13H26N2O. The first-order chi connectivity index (χ1) is 7.82. The Morgan fingerprint density at radius 1 is 1.38 bits per heavy atom. The molecule has 2 N–H and O–H groups in total. The van der Waals surface area contributed by atoms with Gasteiger partial charge in [-0.2, -0.15) is 0 Å². The standard InChI is InChI=1S/C13H26N2O/c1-2-12-6-4-3-5-8-15(12)13(10-14)7-9-16-11-13/h12H,2-11,14H2,1H3. The third-order valence-electron chi connectivity index (χ3n) is 4.42. The lowest BCUT2D eigenvalue weighted by Crippen LogP contribution is -2.58. The monoisotopic (exact) mass is 226 g/mol. The number of hydrogen-bond donors (Lipinski definition) is 1. The lowest BCUT2D eigenvalue weighted by atomic mass is 9.92. The zero-order chi connectivity index (χ0) is 11.4. The van der Waals surface area contributed by atoms with Crippen LogP contribution in [-0.2, 0) is 4.74 Å². The molecule has 0 aromatic carbocycles. The summed E-state index contributed by atoms with van der Waals surface area (Å²) in [6.07, 6.45) is 7.82. The Balaban J connectivity index is 2.13. The highest BCUT2D eigenvalue weighted by molar-refractivity contribution is 4.98. The van der Waals surface area contributed by atoms with Gasteiger partial charge in [-0.1, -0.05) is 19.8 Å². The summed E-state index contributed by atoms with van der Waals surface area (Å²) in [7, 11) is 0. The molecule has 2 unspecified atom stereocenters. The largest absolute Gasteiger partial charge is 0.379 e. The molecule has 0 amide bonds. The highest BCUT2D eigenvalue weighted by Gasteiger charge is 2.42. The van der Waals surface area contributed by atoms with Crippen molar-refractivity contribution in [3.05, 3.63) is 0 Å². The summed E-state index contributed by atoms with van der Waals surface area (Å²) in [5, 5.41) is 0. The van der Waals surface area contributed by atoms with Gasteiger partial charge >= 0.3 is 0 Å². The molecule has 0 radical (unpaired) electrons. The normalized spacial score (nSPS) is 37.5. The molecule has 2 aliphatic heterocycles. The van der Waals surface area contributed by atoms with Crippen molar-refractivity contribution in [2.75, 3.05) is 26.3 Å². The molecule has 2 atom stereocenters. The van der Waals surface area contributed by atoms with Gasteiger partial charge < -0.3 is 10.5 Å². The summed E-state index contributed by atoms with van der Waals surface area (Å²) in [5.74, 6) is 0. The van der Waals surface area contributed by atoms with Crippen molar-refractivity contribution in [1.29, 1.82) is 0 Å². The molecule has 2 fully saturated rings. The van der Waals surface area contributed by atoms with Gasteiger partial charge in [-0.05, 0) is 32.2 Å². The molecule has 0 aromatic rings. The summed E-state index contributed by atoms with van der Waals surface area (Å²) >= 11 is 0. The third kappa shape index (κ3) is 2.27. The van der Waals surface area contributed by atoms with E-state index in [0.717, 1.165) is 32.2 Å². The van der Waals surface area contributed by atoms with E-state index in [1.165, 1.54) is 38.6 Å². The van der Waals surface area contributed by atoms with Crippen LogP contribution in [0.3, 0.4) is 0 Å². The number of hydrogen-bond acceptors (Lipinski definition) is 3. The van der Waals surface area contributed by atoms with Crippen LogP contribution in [0, 0.1) is 0 Å². The van der Waals surface area contributed by atoms with Gasteiger partial charge in [0.25, 0.3) is 0 Å². The Hall–Kier alpha value is -0.120. The molecule has 2 rings (SSSR count). The van der Waals surface area contributed by atoms with Gasteiger partial charge in [-0.25, -0.2) is 0 Å². The van der Waals surface area contributed by atoms with Gasteiger partial charge in [0.1, 0.15) is 0 Å².